The van der Waals surface area contributed by atoms with Crippen molar-refractivity contribution in [3.8, 4) is 11.6 Å². The molecule has 3 rings (SSSR count). The van der Waals surface area contributed by atoms with E-state index in [-0.39, 0.29) is 17.8 Å². The van der Waals surface area contributed by atoms with E-state index >= 15 is 0 Å². The third kappa shape index (κ3) is 3.52. The third-order valence-corrected chi connectivity index (χ3v) is 4.74. The molecule has 6 nitrogen and oxygen atoms in total. The van der Waals surface area contributed by atoms with E-state index in [0.717, 1.165) is 25.7 Å². The summed E-state index contributed by atoms with van der Waals surface area (Å²) in [5.74, 6) is 1.37. The molecule has 0 spiro atoms. The van der Waals surface area contributed by atoms with Gasteiger partial charge < -0.3 is 13.7 Å². The first kappa shape index (κ1) is 15.1. The van der Waals surface area contributed by atoms with Crippen LogP contribution in [0.5, 0.6) is 0 Å². The van der Waals surface area contributed by atoms with Crippen molar-refractivity contribution in [3.63, 3.8) is 0 Å². The van der Waals surface area contributed by atoms with Crippen molar-refractivity contribution in [1.29, 1.82) is 0 Å². The van der Waals surface area contributed by atoms with Gasteiger partial charge >= 0.3 is 5.97 Å². The van der Waals surface area contributed by atoms with E-state index in [9.17, 15) is 4.79 Å². The zero-order valence-corrected chi connectivity index (χ0v) is 13.3. The van der Waals surface area contributed by atoms with Gasteiger partial charge in [0, 0.05) is 7.05 Å². The largest absolute Gasteiger partial charge is 0.462 e. The molecule has 0 aliphatic heterocycles. The topological polar surface area (TPSA) is 70.2 Å². The molecule has 0 saturated heterocycles. The number of carbonyl (C=O) groups is 1. The van der Waals surface area contributed by atoms with Crippen molar-refractivity contribution in [2.24, 2.45) is 7.05 Å². The Kier molecular flexibility index (Phi) is 4.82. The van der Waals surface area contributed by atoms with Gasteiger partial charge in [-0.2, -0.15) is 0 Å². The average Bonchev–Trinajstić information content (AvgIpc) is 3.16. The molecule has 2 aromatic rings. The summed E-state index contributed by atoms with van der Waals surface area (Å²) in [6.45, 7) is 0. The number of carbonyl (C=O) groups excluding carboxylic acids is 1. The van der Waals surface area contributed by atoms with Crippen LogP contribution in [0, 0.1) is 0 Å². The van der Waals surface area contributed by atoms with Gasteiger partial charge in [-0.1, -0.05) is 18.2 Å². The molecular weight excluding hydrogens is 302 g/mol. The molecule has 1 fully saturated rings. The number of aromatic nitrogens is 3. The molecule has 0 bridgehead atoms. The lowest BCUT2D eigenvalue weighted by Crippen LogP contribution is -2.22. The number of hydrogen-bond acceptors (Lipinski definition) is 6. The van der Waals surface area contributed by atoms with Crippen molar-refractivity contribution in [2.75, 3.05) is 5.75 Å². The highest BCUT2D eigenvalue weighted by Crippen LogP contribution is 2.24. The summed E-state index contributed by atoms with van der Waals surface area (Å²) >= 11 is 1.33. The summed E-state index contributed by atoms with van der Waals surface area (Å²) < 4.78 is 12.6. The van der Waals surface area contributed by atoms with Crippen LogP contribution in [0.4, 0.5) is 0 Å². The van der Waals surface area contributed by atoms with Gasteiger partial charge in [0.25, 0.3) is 0 Å². The van der Waals surface area contributed by atoms with Gasteiger partial charge in [0.05, 0.1) is 12.0 Å². The van der Waals surface area contributed by atoms with Crippen LogP contribution >= 0.6 is 11.8 Å². The van der Waals surface area contributed by atoms with Gasteiger partial charge in [-0.25, -0.2) is 0 Å². The lowest BCUT2D eigenvalue weighted by Gasteiger charge is -2.21. The predicted molar refractivity (Wildman–Crippen MR) is 82.4 cm³/mol. The minimum atomic E-state index is -0.181. The first-order chi connectivity index (χ1) is 10.7. The second-order valence-electron chi connectivity index (χ2n) is 5.38. The van der Waals surface area contributed by atoms with Crippen molar-refractivity contribution < 1.29 is 13.9 Å². The predicted octanol–water partition coefficient (Wildman–Crippen LogP) is 3.04. The zero-order valence-electron chi connectivity index (χ0n) is 12.5. The Hall–Kier alpha value is -1.76. The number of hydrogen-bond donors (Lipinski definition) is 0. The molecule has 22 heavy (non-hydrogen) atoms. The molecule has 2 aromatic heterocycles. The molecule has 0 atom stereocenters. The van der Waals surface area contributed by atoms with Crippen molar-refractivity contribution in [1.82, 2.24) is 14.8 Å². The van der Waals surface area contributed by atoms with E-state index in [1.54, 1.807) is 12.3 Å². The van der Waals surface area contributed by atoms with Crippen LogP contribution in [0.2, 0.25) is 0 Å². The van der Waals surface area contributed by atoms with Crippen LogP contribution in [0.15, 0.2) is 28.0 Å². The summed E-state index contributed by atoms with van der Waals surface area (Å²) in [7, 11) is 1.85. The van der Waals surface area contributed by atoms with Gasteiger partial charge in [0.15, 0.2) is 16.7 Å². The maximum atomic E-state index is 11.9. The number of esters is 1. The quantitative estimate of drug-likeness (QED) is 0.623. The molecule has 0 unspecified atom stereocenters. The second-order valence-corrected chi connectivity index (χ2v) is 6.32. The Bertz CT molecular complexity index is 618. The Morgan fingerprint density at radius 1 is 1.41 bits per heavy atom. The molecule has 0 N–H and O–H groups in total. The van der Waals surface area contributed by atoms with Gasteiger partial charge in [-0.3, -0.25) is 4.79 Å². The first-order valence-electron chi connectivity index (χ1n) is 7.49. The van der Waals surface area contributed by atoms with Crippen LogP contribution in [0.25, 0.3) is 11.6 Å². The SMILES string of the molecule is Cn1c(SCC(=O)OC2CCCCC2)nnc1-c1ccco1. The number of ether oxygens (including phenoxy) is 1. The van der Waals surface area contributed by atoms with Crippen LogP contribution < -0.4 is 0 Å². The fourth-order valence-corrected chi connectivity index (χ4v) is 3.28. The molecule has 118 valence electrons. The third-order valence-electron chi connectivity index (χ3n) is 3.75. The molecule has 7 heteroatoms. The van der Waals surface area contributed by atoms with Gasteiger partial charge in [-0.15, -0.1) is 10.2 Å². The minimum Gasteiger partial charge on any atom is -0.462 e. The number of furan rings is 1. The Labute approximate surface area is 133 Å². The molecular formula is C15H19N3O3S. The Morgan fingerprint density at radius 2 is 2.23 bits per heavy atom. The highest BCUT2D eigenvalue weighted by atomic mass is 32.2. The standard InChI is InChI=1S/C15H19N3O3S/c1-18-14(12-8-5-9-20-12)16-17-15(18)22-10-13(19)21-11-6-3-2-4-7-11/h5,8-9,11H,2-4,6-7,10H2,1H3. The average molecular weight is 321 g/mol. The molecule has 1 aliphatic carbocycles. The highest BCUT2D eigenvalue weighted by Gasteiger charge is 2.19. The van der Waals surface area contributed by atoms with E-state index in [1.165, 1.54) is 18.2 Å². The second kappa shape index (κ2) is 7.00. The van der Waals surface area contributed by atoms with E-state index in [0.29, 0.717) is 16.7 Å². The van der Waals surface area contributed by atoms with Crippen molar-refractivity contribution in [3.05, 3.63) is 18.4 Å². The number of rotatable bonds is 5. The first-order valence-corrected chi connectivity index (χ1v) is 8.48. The number of nitrogens with zero attached hydrogens (tertiary/aromatic N) is 3. The van der Waals surface area contributed by atoms with Crippen LogP contribution in [0.3, 0.4) is 0 Å². The van der Waals surface area contributed by atoms with E-state index in [1.807, 2.05) is 17.7 Å². The molecule has 0 radical (unpaired) electrons. The lowest BCUT2D eigenvalue weighted by molar-refractivity contribution is -0.147. The van der Waals surface area contributed by atoms with Crippen LogP contribution in [-0.2, 0) is 16.6 Å². The summed E-state index contributed by atoms with van der Waals surface area (Å²) in [5.41, 5.74) is 0. The van der Waals surface area contributed by atoms with Gasteiger partial charge in [-0.05, 0) is 37.8 Å². The fourth-order valence-electron chi connectivity index (χ4n) is 2.59. The molecule has 2 heterocycles. The van der Waals surface area contributed by atoms with Crippen molar-refractivity contribution in [2.45, 2.75) is 43.4 Å². The fraction of sp³-hybridized carbons (Fsp3) is 0.533. The Balaban J connectivity index is 1.54. The summed E-state index contributed by atoms with van der Waals surface area (Å²) in [6.07, 6.45) is 7.23. The van der Waals surface area contributed by atoms with Crippen LogP contribution in [0.1, 0.15) is 32.1 Å². The number of thioether (sulfide) groups is 1. The van der Waals surface area contributed by atoms with E-state index in [4.69, 9.17) is 9.15 Å². The van der Waals surface area contributed by atoms with E-state index in [2.05, 4.69) is 10.2 Å². The van der Waals surface area contributed by atoms with Crippen molar-refractivity contribution >= 4 is 17.7 Å². The normalized spacial score (nSPS) is 15.9. The smallest absolute Gasteiger partial charge is 0.316 e. The maximum absolute atomic E-state index is 11.9. The van der Waals surface area contributed by atoms with Gasteiger partial charge in [0.1, 0.15) is 6.10 Å². The summed E-state index contributed by atoms with van der Waals surface area (Å²) in [6, 6.07) is 3.63. The molecule has 1 saturated carbocycles. The summed E-state index contributed by atoms with van der Waals surface area (Å²) in [4.78, 5) is 11.9. The molecule has 1 aliphatic rings. The van der Waals surface area contributed by atoms with Gasteiger partial charge in [0.2, 0.25) is 0 Å². The lowest BCUT2D eigenvalue weighted by atomic mass is 9.98. The highest BCUT2D eigenvalue weighted by molar-refractivity contribution is 7.99. The van der Waals surface area contributed by atoms with Crippen LogP contribution in [-0.4, -0.2) is 32.6 Å². The molecule has 0 amide bonds. The Morgan fingerprint density at radius 3 is 2.95 bits per heavy atom. The zero-order chi connectivity index (χ0) is 15.4. The monoisotopic (exact) mass is 321 g/mol. The van der Waals surface area contributed by atoms with E-state index < -0.39 is 0 Å². The maximum Gasteiger partial charge on any atom is 0.316 e. The molecule has 0 aromatic carbocycles. The summed E-state index contributed by atoms with van der Waals surface area (Å²) in [5, 5.41) is 8.87. The minimum absolute atomic E-state index is 0.0972.